The van der Waals surface area contributed by atoms with Crippen LogP contribution in [0.4, 0.5) is 11.4 Å². The molecule has 1 aliphatic heterocycles. The van der Waals surface area contributed by atoms with Crippen LogP contribution in [-0.4, -0.2) is 38.0 Å². The second kappa shape index (κ2) is 7.62. The fourth-order valence-electron chi connectivity index (χ4n) is 3.01. The number of anilines is 2. The fourth-order valence-corrected chi connectivity index (χ4v) is 3.01. The minimum absolute atomic E-state index is 0.123. The number of carbonyl (C=O) groups excluding carboxylic acids is 1. The van der Waals surface area contributed by atoms with E-state index in [0.29, 0.717) is 23.7 Å². The van der Waals surface area contributed by atoms with Crippen LogP contribution in [0, 0.1) is 6.92 Å². The first-order valence-corrected chi connectivity index (χ1v) is 8.76. The Morgan fingerprint density at radius 2 is 2.00 bits per heavy atom. The highest BCUT2D eigenvalue weighted by atomic mass is 16.5. The predicted molar refractivity (Wildman–Crippen MR) is 106 cm³/mol. The minimum Gasteiger partial charge on any atom is -0.449 e. The third-order valence-corrected chi connectivity index (χ3v) is 4.28. The molecule has 26 heavy (non-hydrogen) atoms. The Balaban J connectivity index is 1.94. The smallest absolute Gasteiger partial charge is 0.294 e. The number of nitrogens with two attached hydrogens (primary N) is 1. The van der Waals surface area contributed by atoms with Crippen molar-refractivity contribution in [3.63, 3.8) is 0 Å². The van der Waals surface area contributed by atoms with E-state index in [-0.39, 0.29) is 5.91 Å². The molecular formula is C21H25N3O2. The Morgan fingerprint density at radius 1 is 1.19 bits per heavy atom. The molecular weight excluding hydrogens is 326 g/mol. The number of rotatable bonds is 5. The highest BCUT2D eigenvalue weighted by molar-refractivity contribution is 6.10. The first-order valence-electron chi connectivity index (χ1n) is 8.76. The van der Waals surface area contributed by atoms with E-state index in [1.165, 1.54) is 0 Å². The number of ether oxygens (including phenoxy) is 1. The summed E-state index contributed by atoms with van der Waals surface area (Å²) < 4.78 is 5.91. The Morgan fingerprint density at radius 3 is 2.73 bits per heavy atom. The first kappa shape index (κ1) is 18.0. The topological polar surface area (TPSA) is 58.8 Å². The lowest BCUT2D eigenvalue weighted by Gasteiger charge is -2.31. The molecule has 1 heterocycles. The predicted octanol–water partition coefficient (Wildman–Crippen LogP) is 3.30. The van der Waals surface area contributed by atoms with Gasteiger partial charge in [-0.1, -0.05) is 29.8 Å². The standard InChI is InChI=1S/C21H25N3O2/c1-15-6-4-7-16(12-15)13-20-21(25)24(11-5-10-23(2)3)18-9-8-17(22)14-19(18)26-20/h4,6-9,12-14H,5,10-11,22H2,1-3H3/b20-13+. The molecule has 0 unspecified atom stereocenters. The quantitative estimate of drug-likeness (QED) is 0.663. The van der Waals surface area contributed by atoms with E-state index < -0.39 is 0 Å². The van der Waals surface area contributed by atoms with E-state index in [2.05, 4.69) is 4.90 Å². The summed E-state index contributed by atoms with van der Waals surface area (Å²) in [7, 11) is 4.05. The lowest BCUT2D eigenvalue weighted by atomic mass is 10.1. The van der Waals surface area contributed by atoms with Crippen molar-refractivity contribution in [3.05, 3.63) is 59.4 Å². The van der Waals surface area contributed by atoms with E-state index >= 15 is 0 Å². The van der Waals surface area contributed by atoms with Gasteiger partial charge >= 0.3 is 0 Å². The van der Waals surface area contributed by atoms with Crippen LogP contribution in [0.3, 0.4) is 0 Å². The lowest BCUT2D eigenvalue weighted by molar-refractivity contribution is -0.117. The summed E-state index contributed by atoms with van der Waals surface area (Å²) in [4.78, 5) is 16.9. The summed E-state index contributed by atoms with van der Waals surface area (Å²) in [5.41, 5.74) is 9.36. The SMILES string of the molecule is Cc1cccc(/C=C2/Oc3cc(N)ccc3N(CCCN(C)C)C2=O)c1. The monoisotopic (exact) mass is 351 g/mol. The number of amides is 1. The van der Waals surface area contributed by atoms with E-state index in [0.717, 1.165) is 29.8 Å². The lowest BCUT2D eigenvalue weighted by Crippen LogP contribution is -2.39. The maximum atomic E-state index is 13.0. The van der Waals surface area contributed by atoms with Gasteiger partial charge in [0.2, 0.25) is 0 Å². The van der Waals surface area contributed by atoms with Crippen molar-refractivity contribution in [1.82, 2.24) is 4.90 Å². The third kappa shape index (κ3) is 4.06. The summed E-state index contributed by atoms with van der Waals surface area (Å²) in [6, 6.07) is 13.4. The molecule has 0 bridgehead atoms. The van der Waals surface area contributed by atoms with Gasteiger partial charge in [0.1, 0.15) is 0 Å². The zero-order valence-corrected chi connectivity index (χ0v) is 15.5. The maximum Gasteiger partial charge on any atom is 0.294 e. The van der Waals surface area contributed by atoms with Crippen LogP contribution in [0.5, 0.6) is 5.75 Å². The van der Waals surface area contributed by atoms with Gasteiger partial charge in [-0.25, -0.2) is 0 Å². The summed E-state index contributed by atoms with van der Waals surface area (Å²) in [6.07, 6.45) is 2.67. The van der Waals surface area contributed by atoms with E-state index in [4.69, 9.17) is 10.5 Å². The van der Waals surface area contributed by atoms with Crippen molar-refractivity contribution < 1.29 is 9.53 Å². The molecule has 0 aliphatic carbocycles. The molecule has 2 aromatic rings. The van der Waals surface area contributed by atoms with Gasteiger partial charge in [-0.3, -0.25) is 4.79 Å². The summed E-state index contributed by atoms with van der Waals surface area (Å²) in [5, 5.41) is 0. The second-order valence-corrected chi connectivity index (χ2v) is 6.87. The maximum absolute atomic E-state index is 13.0. The average molecular weight is 351 g/mol. The normalized spacial score (nSPS) is 15.3. The highest BCUT2D eigenvalue weighted by Gasteiger charge is 2.30. The number of nitrogens with zero attached hydrogens (tertiary/aromatic N) is 2. The zero-order chi connectivity index (χ0) is 18.7. The van der Waals surface area contributed by atoms with E-state index in [1.54, 1.807) is 23.1 Å². The number of fused-ring (bicyclic) bond motifs is 1. The molecule has 0 saturated heterocycles. The molecule has 3 rings (SSSR count). The van der Waals surface area contributed by atoms with Crippen LogP contribution in [0.25, 0.3) is 6.08 Å². The third-order valence-electron chi connectivity index (χ3n) is 4.28. The van der Waals surface area contributed by atoms with Crippen LogP contribution in [-0.2, 0) is 4.79 Å². The molecule has 0 radical (unpaired) electrons. The molecule has 0 fully saturated rings. The van der Waals surface area contributed by atoms with Crippen molar-refractivity contribution in [3.8, 4) is 5.75 Å². The van der Waals surface area contributed by atoms with Gasteiger partial charge in [0.05, 0.1) is 5.69 Å². The largest absolute Gasteiger partial charge is 0.449 e. The minimum atomic E-state index is -0.123. The molecule has 1 aliphatic rings. The molecule has 0 aromatic heterocycles. The zero-order valence-electron chi connectivity index (χ0n) is 15.5. The van der Waals surface area contributed by atoms with Crippen molar-refractivity contribution in [1.29, 1.82) is 0 Å². The Labute approximate surface area is 154 Å². The second-order valence-electron chi connectivity index (χ2n) is 6.87. The molecule has 5 heteroatoms. The number of benzene rings is 2. The molecule has 0 spiro atoms. The van der Waals surface area contributed by atoms with Gasteiger partial charge in [-0.15, -0.1) is 0 Å². The number of hydrogen-bond acceptors (Lipinski definition) is 4. The summed E-state index contributed by atoms with van der Waals surface area (Å²) in [5.74, 6) is 0.814. The first-order chi connectivity index (χ1) is 12.4. The number of aryl methyl sites for hydroxylation is 1. The van der Waals surface area contributed by atoms with Crippen molar-refractivity contribution >= 4 is 23.4 Å². The molecule has 136 valence electrons. The van der Waals surface area contributed by atoms with E-state index in [9.17, 15) is 4.79 Å². The number of hydrogen-bond donors (Lipinski definition) is 1. The van der Waals surface area contributed by atoms with Gasteiger partial charge < -0.3 is 20.3 Å². The molecule has 2 N–H and O–H groups in total. The highest BCUT2D eigenvalue weighted by Crippen LogP contribution is 2.37. The summed E-state index contributed by atoms with van der Waals surface area (Å²) in [6.45, 7) is 3.56. The van der Waals surface area contributed by atoms with Crippen LogP contribution >= 0.6 is 0 Å². The Bertz CT molecular complexity index is 843. The molecule has 2 aromatic carbocycles. The number of nitrogen functional groups attached to an aromatic ring is 1. The van der Waals surface area contributed by atoms with Gasteiger partial charge in [-0.05, 0) is 57.8 Å². The summed E-state index contributed by atoms with van der Waals surface area (Å²) >= 11 is 0. The molecule has 5 nitrogen and oxygen atoms in total. The van der Waals surface area contributed by atoms with Crippen LogP contribution in [0.15, 0.2) is 48.2 Å². The van der Waals surface area contributed by atoms with Crippen molar-refractivity contribution in [2.75, 3.05) is 37.8 Å². The fraction of sp³-hybridized carbons (Fsp3) is 0.286. The average Bonchev–Trinajstić information content (AvgIpc) is 2.57. The van der Waals surface area contributed by atoms with Crippen LogP contribution in [0.2, 0.25) is 0 Å². The molecule has 0 atom stereocenters. The van der Waals surface area contributed by atoms with Gasteiger partial charge in [0, 0.05) is 18.3 Å². The Kier molecular flexibility index (Phi) is 5.28. The number of carbonyl (C=O) groups is 1. The molecule has 1 amide bonds. The van der Waals surface area contributed by atoms with Crippen LogP contribution < -0.4 is 15.4 Å². The van der Waals surface area contributed by atoms with Gasteiger partial charge in [0.15, 0.2) is 11.5 Å². The molecule has 0 saturated carbocycles. The van der Waals surface area contributed by atoms with Crippen molar-refractivity contribution in [2.24, 2.45) is 0 Å². The van der Waals surface area contributed by atoms with E-state index in [1.807, 2.05) is 51.4 Å². The van der Waals surface area contributed by atoms with Gasteiger partial charge in [-0.2, -0.15) is 0 Å². The van der Waals surface area contributed by atoms with Crippen molar-refractivity contribution in [2.45, 2.75) is 13.3 Å². The van der Waals surface area contributed by atoms with Gasteiger partial charge in [0.25, 0.3) is 5.91 Å². The Hall–Kier alpha value is -2.79. The van der Waals surface area contributed by atoms with Crippen LogP contribution in [0.1, 0.15) is 17.5 Å².